The minimum absolute atomic E-state index is 0.0692. The largest absolute Gasteiger partial charge is 0.543 e. The van der Waals surface area contributed by atoms with Crippen LogP contribution in [0.15, 0.2) is 18.2 Å². The molecule has 26 heavy (non-hydrogen) atoms. The van der Waals surface area contributed by atoms with Crippen molar-refractivity contribution in [3.63, 3.8) is 0 Å². The zero-order valence-corrected chi connectivity index (χ0v) is 16.8. The fourth-order valence-corrected chi connectivity index (χ4v) is 3.70. The molecule has 1 aromatic carbocycles. The molecule has 1 N–H and O–H groups in total. The van der Waals surface area contributed by atoms with Crippen LogP contribution in [0.3, 0.4) is 0 Å². The molecule has 1 heterocycles. The van der Waals surface area contributed by atoms with Crippen LogP contribution in [0.5, 0.6) is 0 Å². The lowest BCUT2D eigenvalue weighted by Crippen LogP contribution is -2.43. The molecule has 0 bridgehead atoms. The molecule has 1 fully saturated rings. The minimum atomic E-state index is -0.162. The molecular weight excluding hydrogens is 374 g/mol. The molecular formula is C18H25BCl2N2O3. The summed E-state index contributed by atoms with van der Waals surface area (Å²) in [7, 11) is 1.45. The smallest absolute Gasteiger partial charge is 0.325 e. The van der Waals surface area contributed by atoms with Gasteiger partial charge in [0.1, 0.15) is 0 Å². The van der Waals surface area contributed by atoms with Gasteiger partial charge in [0, 0.05) is 18.8 Å². The van der Waals surface area contributed by atoms with Crippen molar-refractivity contribution < 1.29 is 14.2 Å². The van der Waals surface area contributed by atoms with E-state index in [0.717, 1.165) is 32.1 Å². The van der Waals surface area contributed by atoms with Gasteiger partial charge in [-0.1, -0.05) is 43.0 Å². The van der Waals surface area contributed by atoms with E-state index in [9.17, 15) is 9.59 Å². The molecule has 1 atom stereocenters. The molecule has 1 unspecified atom stereocenters. The molecule has 0 aromatic heterocycles. The molecule has 1 saturated heterocycles. The highest BCUT2D eigenvalue weighted by molar-refractivity contribution is 6.42. The number of benzene rings is 1. The van der Waals surface area contributed by atoms with Crippen molar-refractivity contribution in [2.75, 3.05) is 18.4 Å². The maximum absolute atomic E-state index is 12.4. The van der Waals surface area contributed by atoms with Crippen LogP contribution in [0.4, 0.5) is 10.5 Å². The number of halogens is 2. The lowest BCUT2D eigenvalue weighted by atomic mass is 9.81. The van der Waals surface area contributed by atoms with Crippen molar-refractivity contribution in [1.29, 1.82) is 0 Å². The van der Waals surface area contributed by atoms with E-state index < -0.39 is 0 Å². The first-order valence-corrected chi connectivity index (χ1v) is 9.80. The molecule has 0 aliphatic carbocycles. The Morgan fingerprint density at radius 1 is 1.31 bits per heavy atom. The fraction of sp³-hybridized carbons (Fsp3) is 0.556. The van der Waals surface area contributed by atoms with Gasteiger partial charge in [0.05, 0.1) is 16.0 Å². The Kier molecular flexibility index (Phi) is 8.10. The van der Waals surface area contributed by atoms with E-state index in [1.807, 2.05) is 0 Å². The van der Waals surface area contributed by atoms with E-state index in [1.165, 1.54) is 8.05 Å². The van der Waals surface area contributed by atoms with Gasteiger partial charge in [0.25, 0.3) is 5.97 Å². The predicted molar refractivity (Wildman–Crippen MR) is 107 cm³/mol. The van der Waals surface area contributed by atoms with Gasteiger partial charge in [0.2, 0.25) is 0 Å². The monoisotopic (exact) mass is 398 g/mol. The number of nitrogens with zero attached hydrogens (tertiary/aromatic N) is 1. The summed E-state index contributed by atoms with van der Waals surface area (Å²) in [6.07, 6.45) is 4.52. The number of carbonyl (C=O) groups excluding carboxylic acids is 2. The second kappa shape index (κ2) is 10.1. The van der Waals surface area contributed by atoms with Crippen LogP contribution in [0.25, 0.3) is 0 Å². The van der Waals surface area contributed by atoms with E-state index in [-0.39, 0.29) is 23.8 Å². The molecule has 1 aromatic rings. The number of piperidine rings is 1. The van der Waals surface area contributed by atoms with Gasteiger partial charge < -0.3 is 14.9 Å². The normalized spacial score (nSPS) is 16.2. The Labute approximate surface area is 165 Å². The highest BCUT2D eigenvalue weighted by Gasteiger charge is 2.32. The quantitative estimate of drug-likeness (QED) is 0.732. The van der Waals surface area contributed by atoms with Crippen molar-refractivity contribution in [3.05, 3.63) is 28.2 Å². The van der Waals surface area contributed by atoms with Crippen LogP contribution in [0.2, 0.25) is 10.0 Å². The summed E-state index contributed by atoms with van der Waals surface area (Å²) in [4.78, 5) is 26.3. The summed E-state index contributed by atoms with van der Waals surface area (Å²) in [6, 6.07) is 4.84. The standard InChI is InChI=1S/C18H25BCl2N2O3/c1-2-3-4-14(17(24)26-19)12-7-9-23(10-8-12)18(25)22-13-5-6-15(20)16(21)11-13/h5-6,11-12,14H,2-4,7-10,19H2,1H3,(H,22,25). The summed E-state index contributed by atoms with van der Waals surface area (Å²) in [5.41, 5.74) is 0.613. The van der Waals surface area contributed by atoms with Gasteiger partial charge in [-0.3, -0.25) is 4.79 Å². The lowest BCUT2D eigenvalue weighted by Gasteiger charge is -2.35. The van der Waals surface area contributed by atoms with Gasteiger partial charge in [-0.05, 0) is 43.4 Å². The molecule has 1 aliphatic heterocycles. The number of hydrogen-bond donors (Lipinski definition) is 1. The number of carbonyl (C=O) groups is 2. The number of hydrogen-bond acceptors (Lipinski definition) is 3. The Morgan fingerprint density at radius 2 is 2.00 bits per heavy atom. The van der Waals surface area contributed by atoms with E-state index >= 15 is 0 Å². The summed E-state index contributed by atoms with van der Waals surface area (Å²) < 4.78 is 4.98. The van der Waals surface area contributed by atoms with Crippen molar-refractivity contribution in [2.45, 2.75) is 39.0 Å². The van der Waals surface area contributed by atoms with Crippen LogP contribution < -0.4 is 5.32 Å². The highest BCUT2D eigenvalue weighted by Crippen LogP contribution is 2.30. The van der Waals surface area contributed by atoms with Gasteiger partial charge >= 0.3 is 14.1 Å². The summed E-state index contributed by atoms with van der Waals surface area (Å²) >= 11 is 11.9. The van der Waals surface area contributed by atoms with E-state index in [4.69, 9.17) is 27.9 Å². The topological polar surface area (TPSA) is 58.6 Å². The van der Waals surface area contributed by atoms with Crippen molar-refractivity contribution in [2.24, 2.45) is 11.8 Å². The first-order valence-electron chi connectivity index (χ1n) is 9.05. The Hall–Kier alpha value is -1.40. The predicted octanol–water partition coefficient (Wildman–Crippen LogP) is 4.14. The van der Waals surface area contributed by atoms with Gasteiger partial charge in [-0.25, -0.2) is 4.79 Å². The molecule has 0 spiro atoms. The Balaban J connectivity index is 1.90. The number of rotatable bonds is 6. The molecule has 5 nitrogen and oxygen atoms in total. The van der Waals surface area contributed by atoms with Crippen molar-refractivity contribution >= 4 is 48.9 Å². The maximum atomic E-state index is 12.4. The average molecular weight is 399 g/mol. The molecule has 8 heteroatoms. The van der Waals surface area contributed by atoms with E-state index in [0.29, 0.717) is 28.8 Å². The van der Waals surface area contributed by atoms with Crippen LogP contribution in [-0.4, -0.2) is 38.0 Å². The van der Waals surface area contributed by atoms with Crippen LogP contribution >= 0.6 is 23.2 Å². The third-order valence-electron chi connectivity index (χ3n) is 4.94. The molecule has 142 valence electrons. The SMILES string of the molecule is BOC(=O)C(CCCC)C1CCN(C(=O)Nc2ccc(Cl)c(Cl)c2)CC1. The van der Waals surface area contributed by atoms with Gasteiger partial charge in [0.15, 0.2) is 0 Å². The molecule has 2 amide bonds. The Morgan fingerprint density at radius 3 is 2.58 bits per heavy atom. The number of nitrogens with one attached hydrogen (secondary N) is 1. The van der Waals surface area contributed by atoms with Crippen LogP contribution in [-0.2, 0) is 9.45 Å². The maximum Gasteiger partial charge on any atom is 0.325 e. The molecule has 2 rings (SSSR count). The van der Waals surface area contributed by atoms with E-state index in [2.05, 4.69) is 12.2 Å². The number of urea groups is 1. The van der Waals surface area contributed by atoms with E-state index in [1.54, 1.807) is 23.1 Å². The van der Waals surface area contributed by atoms with Crippen molar-refractivity contribution in [1.82, 2.24) is 4.90 Å². The second-order valence-corrected chi connectivity index (χ2v) is 7.47. The number of unbranched alkanes of at least 4 members (excludes halogenated alkanes) is 1. The summed E-state index contributed by atoms with van der Waals surface area (Å²) in [5.74, 6) is 0.0698. The second-order valence-electron chi connectivity index (χ2n) is 6.66. The third kappa shape index (κ3) is 5.55. The first kappa shape index (κ1) is 20.9. The zero-order valence-electron chi connectivity index (χ0n) is 15.3. The summed E-state index contributed by atoms with van der Waals surface area (Å²) in [6.45, 7) is 3.36. The summed E-state index contributed by atoms with van der Waals surface area (Å²) in [5, 5.41) is 3.70. The third-order valence-corrected chi connectivity index (χ3v) is 5.68. The lowest BCUT2D eigenvalue weighted by molar-refractivity contribution is -0.141. The average Bonchev–Trinajstić information content (AvgIpc) is 2.65. The highest BCUT2D eigenvalue weighted by atomic mass is 35.5. The zero-order chi connectivity index (χ0) is 19.1. The molecule has 0 radical (unpaired) electrons. The molecule has 1 aliphatic rings. The Bertz CT molecular complexity index is 637. The number of anilines is 1. The number of likely N-dealkylation sites (tertiary alicyclic amines) is 1. The molecule has 0 saturated carbocycles. The fourth-order valence-electron chi connectivity index (χ4n) is 3.40. The van der Waals surface area contributed by atoms with Gasteiger partial charge in [-0.2, -0.15) is 0 Å². The number of amides is 2. The van der Waals surface area contributed by atoms with Gasteiger partial charge in [-0.15, -0.1) is 0 Å². The van der Waals surface area contributed by atoms with Crippen LogP contribution in [0.1, 0.15) is 39.0 Å². The minimum Gasteiger partial charge on any atom is -0.543 e. The first-order chi connectivity index (χ1) is 12.5. The van der Waals surface area contributed by atoms with Crippen molar-refractivity contribution in [3.8, 4) is 0 Å². The van der Waals surface area contributed by atoms with Crippen LogP contribution in [0, 0.1) is 11.8 Å².